The molecule has 2 saturated heterocycles. The molecule has 2 fully saturated rings. The highest BCUT2D eigenvalue weighted by Gasteiger charge is 2.48. The lowest BCUT2D eigenvalue weighted by molar-refractivity contribution is -0.152. The van der Waals surface area contributed by atoms with Crippen molar-refractivity contribution in [2.24, 2.45) is 0 Å². The second-order valence-electron chi connectivity index (χ2n) is 8.49. The Bertz CT molecular complexity index is 1200. The molecule has 0 saturated carbocycles. The molecule has 0 aliphatic carbocycles. The number of benzene rings is 1. The average molecular weight is 459 g/mol. The quantitative estimate of drug-likeness (QED) is 0.647. The number of fused-ring (bicyclic) bond motifs is 3. The molecule has 5 rings (SSSR count). The zero-order valence-corrected chi connectivity index (χ0v) is 17.5. The molecule has 11 heteroatoms. The maximum Gasteiger partial charge on any atom is 0.408 e. The summed E-state index contributed by atoms with van der Waals surface area (Å²) in [7, 11) is 0. The Balaban J connectivity index is 1.54. The number of alkyl halides is 3. The van der Waals surface area contributed by atoms with E-state index in [1.165, 1.54) is 34.9 Å². The SMILES string of the molecule is N#Cc1cccc(C(=O)CN2c3nc(N4C[C@@H]5C[C@H]4CO5)cc(=O)n3CCC2C(F)(F)F)c1. The Labute approximate surface area is 186 Å². The lowest BCUT2D eigenvalue weighted by Crippen LogP contribution is -2.54. The highest BCUT2D eigenvalue weighted by molar-refractivity contribution is 5.99. The van der Waals surface area contributed by atoms with Gasteiger partial charge in [-0.2, -0.15) is 23.4 Å². The van der Waals surface area contributed by atoms with Gasteiger partial charge in [-0.3, -0.25) is 14.2 Å². The van der Waals surface area contributed by atoms with Gasteiger partial charge in [0, 0.05) is 24.7 Å². The first-order valence-corrected chi connectivity index (χ1v) is 10.6. The van der Waals surface area contributed by atoms with Gasteiger partial charge in [0.2, 0.25) is 5.95 Å². The van der Waals surface area contributed by atoms with Crippen LogP contribution in [0.3, 0.4) is 0 Å². The Hall–Kier alpha value is -3.39. The number of carbonyl (C=O) groups is 1. The predicted molar refractivity (Wildman–Crippen MR) is 111 cm³/mol. The number of carbonyl (C=O) groups excluding carboxylic acids is 1. The molecule has 4 heterocycles. The van der Waals surface area contributed by atoms with E-state index in [0.29, 0.717) is 19.0 Å². The molecule has 0 radical (unpaired) electrons. The second-order valence-corrected chi connectivity index (χ2v) is 8.49. The minimum absolute atomic E-state index is 0.0172. The van der Waals surface area contributed by atoms with E-state index in [9.17, 15) is 22.8 Å². The third kappa shape index (κ3) is 3.84. The Morgan fingerprint density at radius 2 is 2.12 bits per heavy atom. The fourth-order valence-electron chi connectivity index (χ4n) is 4.81. The zero-order valence-electron chi connectivity index (χ0n) is 17.5. The number of nitrogens with zero attached hydrogens (tertiary/aromatic N) is 5. The third-order valence-electron chi connectivity index (χ3n) is 6.43. The van der Waals surface area contributed by atoms with E-state index < -0.39 is 30.1 Å². The molecular weight excluding hydrogens is 439 g/mol. The van der Waals surface area contributed by atoms with Crippen LogP contribution in [-0.2, 0) is 11.3 Å². The number of morpholine rings is 1. The van der Waals surface area contributed by atoms with Crippen molar-refractivity contribution in [1.82, 2.24) is 9.55 Å². The number of Topliss-reactive ketones (excluding diaryl/α,β-unsaturated/α-hetero) is 1. The normalized spacial score (nSPS) is 24.0. The first kappa shape index (κ1) is 21.5. The molecule has 0 N–H and O–H groups in total. The molecule has 1 aromatic heterocycles. The van der Waals surface area contributed by atoms with Gasteiger partial charge in [0.25, 0.3) is 5.56 Å². The van der Waals surface area contributed by atoms with Crippen molar-refractivity contribution in [3.8, 4) is 6.07 Å². The van der Waals surface area contributed by atoms with E-state index in [2.05, 4.69) is 4.98 Å². The van der Waals surface area contributed by atoms with Crippen molar-refractivity contribution in [3.05, 3.63) is 51.8 Å². The van der Waals surface area contributed by atoms with Gasteiger partial charge >= 0.3 is 6.18 Å². The lowest BCUT2D eigenvalue weighted by atomic mass is 10.0. The first-order chi connectivity index (χ1) is 15.7. The fourth-order valence-corrected chi connectivity index (χ4v) is 4.81. The molecule has 1 unspecified atom stereocenters. The number of hydrogen-bond donors (Lipinski definition) is 0. The van der Waals surface area contributed by atoms with Crippen molar-refractivity contribution >= 4 is 17.5 Å². The Morgan fingerprint density at radius 1 is 1.30 bits per heavy atom. The average Bonchev–Trinajstić information content (AvgIpc) is 3.42. The van der Waals surface area contributed by atoms with Crippen LogP contribution in [0.15, 0.2) is 35.1 Å². The minimum Gasteiger partial charge on any atom is -0.374 e. The van der Waals surface area contributed by atoms with Crippen molar-refractivity contribution < 1.29 is 22.7 Å². The summed E-state index contributed by atoms with van der Waals surface area (Å²) in [6, 6.07) is 7.12. The number of anilines is 2. The van der Waals surface area contributed by atoms with Crippen LogP contribution in [0.2, 0.25) is 0 Å². The van der Waals surface area contributed by atoms with Gasteiger partial charge in [-0.05, 0) is 25.0 Å². The summed E-state index contributed by atoms with van der Waals surface area (Å²) < 4.78 is 48.6. The van der Waals surface area contributed by atoms with Gasteiger partial charge in [0.05, 0.1) is 36.9 Å². The van der Waals surface area contributed by atoms with Crippen LogP contribution in [0.4, 0.5) is 24.9 Å². The van der Waals surface area contributed by atoms with Crippen LogP contribution < -0.4 is 15.4 Å². The number of nitriles is 1. The molecular formula is C22H20F3N5O3. The summed E-state index contributed by atoms with van der Waals surface area (Å²) in [5, 5.41) is 9.07. The van der Waals surface area contributed by atoms with Crippen molar-refractivity contribution in [2.45, 2.75) is 43.8 Å². The zero-order chi connectivity index (χ0) is 23.3. The topological polar surface area (TPSA) is 91.5 Å². The molecule has 3 aliphatic rings. The van der Waals surface area contributed by atoms with Crippen molar-refractivity contribution in [1.29, 1.82) is 5.26 Å². The predicted octanol–water partition coefficient (Wildman–Crippen LogP) is 2.12. The van der Waals surface area contributed by atoms with E-state index >= 15 is 0 Å². The standard InChI is InChI=1S/C22H20F3N5O3/c23-22(24,25)18-4-5-28-20(32)8-19(29-10-16-7-15(29)12-33-16)27-21(28)30(18)11-17(31)14-3-1-2-13(6-14)9-26/h1-3,6,8,15-16,18H,4-5,7,10-12H2/t15-,16-,18?/m0/s1. The van der Waals surface area contributed by atoms with Gasteiger partial charge in [0.15, 0.2) is 5.78 Å². The molecule has 33 heavy (non-hydrogen) atoms. The van der Waals surface area contributed by atoms with E-state index in [4.69, 9.17) is 10.00 Å². The largest absolute Gasteiger partial charge is 0.408 e. The number of hydrogen-bond acceptors (Lipinski definition) is 7. The van der Waals surface area contributed by atoms with E-state index in [-0.39, 0.29) is 42.2 Å². The van der Waals surface area contributed by atoms with Crippen molar-refractivity contribution in [3.63, 3.8) is 0 Å². The summed E-state index contributed by atoms with van der Waals surface area (Å²) in [6.07, 6.45) is -4.19. The summed E-state index contributed by atoms with van der Waals surface area (Å²) in [5.74, 6) is -0.462. The minimum atomic E-state index is -4.62. The first-order valence-electron chi connectivity index (χ1n) is 10.6. The summed E-state index contributed by atoms with van der Waals surface area (Å²) >= 11 is 0. The number of aromatic nitrogens is 2. The van der Waals surface area contributed by atoms with E-state index in [1.54, 1.807) is 0 Å². The van der Waals surface area contributed by atoms with Gasteiger partial charge < -0.3 is 14.5 Å². The smallest absolute Gasteiger partial charge is 0.374 e. The monoisotopic (exact) mass is 459 g/mol. The third-order valence-corrected chi connectivity index (χ3v) is 6.43. The van der Waals surface area contributed by atoms with Gasteiger partial charge in [-0.15, -0.1) is 0 Å². The molecule has 1 aromatic carbocycles. The van der Waals surface area contributed by atoms with E-state index in [1.807, 2.05) is 11.0 Å². The summed E-state index contributed by atoms with van der Waals surface area (Å²) in [6.45, 7) is 0.232. The number of ketones is 1. The molecule has 0 amide bonds. The highest BCUT2D eigenvalue weighted by atomic mass is 19.4. The summed E-state index contributed by atoms with van der Waals surface area (Å²) in [5.41, 5.74) is -0.0990. The highest BCUT2D eigenvalue weighted by Crippen LogP contribution is 2.36. The summed E-state index contributed by atoms with van der Waals surface area (Å²) in [4.78, 5) is 33.0. The molecule has 2 bridgehead atoms. The molecule has 0 spiro atoms. The molecule has 8 nitrogen and oxygen atoms in total. The van der Waals surface area contributed by atoms with Crippen LogP contribution in [0.5, 0.6) is 0 Å². The van der Waals surface area contributed by atoms with Gasteiger partial charge in [-0.1, -0.05) is 12.1 Å². The number of halogens is 3. The second kappa shape index (κ2) is 7.88. The molecule has 172 valence electrons. The van der Waals surface area contributed by atoms with Crippen LogP contribution in [-0.4, -0.2) is 59.4 Å². The van der Waals surface area contributed by atoms with Crippen LogP contribution in [0.1, 0.15) is 28.8 Å². The fraction of sp³-hybridized carbons (Fsp3) is 0.455. The molecule has 3 aliphatic heterocycles. The van der Waals surface area contributed by atoms with Gasteiger partial charge in [-0.25, -0.2) is 0 Å². The van der Waals surface area contributed by atoms with Crippen LogP contribution >= 0.6 is 0 Å². The van der Waals surface area contributed by atoms with Gasteiger partial charge in [0.1, 0.15) is 11.9 Å². The number of ether oxygens (including phenoxy) is 1. The van der Waals surface area contributed by atoms with E-state index in [0.717, 1.165) is 11.3 Å². The Kier molecular flexibility index (Phi) is 5.12. The van der Waals surface area contributed by atoms with Crippen LogP contribution in [0, 0.1) is 11.3 Å². The maximum absolute atomic E-state index is 13.9. The molecule has 2 aromatic rings. The van der Waals surface area contributed by atoms with Crippen LogP contribution in [0.25, 0.3) is 0 Å². The Morgan fingerprint density at radius 3 is 2.79 bits per heavy atom. The maximum atomic E-state index is 13.9. The lowest BCUT2D eigenvalue weighted by Gasteiger charge is -2.39. The molecule has 3 atom stereocenters. The van der Waals surface area contributed by atoms with Crippen molar-refractivity contribution in [2.75, 3.05) is 29.5 Å². The number of rotatable bonds is 4.